The zero-order valence-electron chi connectivity index (χ0n) is 11.8. The number of benzene rings is 2. The highest BCUT2D eigenvalue weighted by atomic mass is 79.9. The van der Waals surface area contributed by atoms with Gasteiger partial charge in [0, 0.05) is 24.0 Å². The van der Waals surface area contributed by atoms with Crippen molar-refractivity contribution in [1.29, 1.82) is 0 Å². The maximum Gasteiger partial charge on any atom is 0.339 e. The highest BCUT2D eigenvalue weighted by Crippen LogP contribution is 2.46. The molecule has 25 heavy (non-hydrogen) atoms. The monoisotopic (exact) mass is 595 g/mol. The van der Waals surface area contributed by atoms with Gasteiger partial charge in [-0.15, -0.1) is 0 Å². The Morgan fingerprint density at radius 3 is 1.76 bits per heavy atom. The summed E-state index contributed by atoms with van der Waals surface area (Å²) in [6.45, 7) is 0. The number of phenols is 1. The van der Waals surface area contributed by atoms with E-state index in [-0.39, 0.29) is 22.4 Å². The van der Waals surface area contributed by atoms with Gasteiger partial charge in [0.2, 0.25) is 0 Å². The number of carbonyl (C=O) groups is 3. The van der Waals surface area contributed by atoms with Gasteiger partial charge in [0.15, 0.2) is 0 Å². The molecule has 0 bridgehead atoms. The Kier molecular flexibility index (Phi) is 4.82. The molecule has 0 fully saturated rings. The van der Waals surface area contributed by atoms with Crippen molar-refractivity contribution < 1.29 is 24.6 Å². The van der Waals surface area contributed by atoms with E-state index in [0.29, 0.717) is 17.9 Å². The fourth-order valence-corrected chi connectivity index (χ4v) is 4.88. The molecule has 1 heterocycles. The quantitative estimate of drug-likeness (QED) is 0.290. The summed E-state index contributed by atoms with van der Waals surface area (Å²) in [5.74, 6) is -3.04. The third-order valence-electron chi connectivity index (χ3n) is 3.57. The standard InChI is InChI=1S/C15H5Br4NO5/c16-9-7-8(10(17)12(19)11(9)18)14(23)20(13(7)22)4-1-2-5(15(24)25)6(21)3-4/h1-3,21H,(H,24,25). The normalized spacial score (nSPS) is 13.4. The van der Waals surface area contributed by atoms with Crippen LogP contribution in [-0.4, -0.2) is 28.0 Å². The number of fused-ring (bicyclic) bond motifs is 1. The van der Waals surface area contributed by atoms with Crippen molar-refractivity contribution in [3.63, 3.8) is 0 Å². The first kappa shape index (κ1) is 18.6. The van der Waals surface area contributed by atoms with E-state index in [1.807, 2.05) is 0 Å². The zero-order chi connectivity index (χ0) is 18.6. The largest absolute Gasteiger partial charge is 0.507 e. The van der Waals surface area contributed by atoms with Gasteiger partial charge in [-0.05, 0) is 75.9 Å². The fourth-order valence-electron chi connectivity index (χ4n) is 2.42. The maximum atomic E-state index is 12.8. The number of carboxylic acid groups (broad SMARTS) is 1. The van der Waals surface area contributed by atoms with Crippen molar-refractivity contribution in [3.05, 3.63) is 52.8 Å². The molecule has 6 nitrogen and oxygen atoms in total. The van der Waals surface area contributed by atoms with Crippen molar-refractivity contribution >= 4 is 87.2 Å². The van der Waals surface area contributed by atoms with E-state index in [0.717, 1.165) is 17.0 Å². The van der Waals surface area contributed by atoms with Crippen LogP contribution in [0.25, 0.3) is 0 Å². The first-order chi connectivity index (χ1) is 11.7. The minimum atomic E-state index is -1.32. The summed E-state index contributed by atoms with van der Waals surface area (Å²) >= 11 is 13.3. The van der Waals surface area contributed by atoms with Crippen LogP contribution in [0.5, 0.6) is 5.75 Å². The molecule has 2 aromatic carbocycles. The van der Waals surface area contributed by atoms with Crippen molar-refractivity contribution in [2.75, 3.05) is 4.90 Å². The molecular formula is C15H5Br4NO5. The second-order valence-corrected chi connectivity index (χ2v) is 8.13. The van der Waals surface area contributed by atoms with Crippen molar-refractivity contribution in [3.8, 4) is 5.75 Å². The molecule has 0 spiro atoms. The summed E-state index contributed by atoms with van der Waals surface area (Å²) in [7, 11) is 0. The summed E-state index contributed by atoms with van der Waals surface area (Å²) < 4.78 is 1.94. The van der Waals surface area contributed by atoms with Crippen LogP contribution in [0.2, 0.25) is 0 Å². The number of imide groups is 1. The molecule has 2 N–H and O–H groups in total. The number of nitrogens with zero attached hydrogens (tertiary/aromatic N) is 1. The van der Waals surface area contributed by atoms with Crippen molar-refractivity contribution in [1.82, 2.24) is 0 Å². The van der Waals surface area contributed by atoms with Crippen molar-refractivity contribution in [2.45, 2.75) is 0 Å². The van der Waals surface area contributed by atoms with Crippen LogP contribution in [0.4, 0.5) is 5.69 Å². The summed E-state index contributed by atoms with van der Waals surface area (Å²) in [5, 5.41) is 18.8. The van der Waals surface area contributed by atoms with Gasteiger partial charge < -0.3 is 10.2 Å². The molecule has 10 heteroatoms. The van der Waals surface area contributed by atoms with E-state index in [1.165, 1.54) is 6.07 Å². The predicted molar refractivity (Wildman–Crippen MR) is 103 cm³/mol. The van der Waals surface area contributed by atoms with Crippen LogP contribution in [0.15, 0.2) is 36.1 Å². The Bertz CT molecular complexity index is 942. The number of aromatic carboxylic acids is 1. The topological polar surface area (TPSA) is 94.9 Å². The molecule has 0 aliphatic carbocycles. The maximum absolute atomic E-state index is 12.8. The summed E-state index contributed by atoms with van der Waals surface area (Å²) in [5.41, 5.74) is 0.0652. The van der Waals surface area contributed by atoms with Gasteiger partial charge in [-0.25, -0.2) is 9.69 Å². The van der Waals surface area contributed by atoms with Crippen molar-refractivity contribution in [2.24, 2.45) is 0 Å². The number of halogens is 4. The first-order valence-electron chi connectivity index (χ1n) is 6.47. The van der Waals surface area contributed by atoms with Gasteiger partial charge in [-0.1, -0.05) is 0 Å². The highest BCUT2D eigenvalue weighted by molar-refractivity contribution is 9.15. The average Bonchev–Trinajstić information content (AvgIpc) is 2.81. The molecule has 0 atom stereocenters. The third kappa shape index (κ3) is 2.75. The molecule has 0 aromatic heterocycles. The molecule has 3 rings (SSSR count). The lowest BCUT2D eigenvalue weighted by Gasteiger charge is -2.14. The van der Waals surface area contributed by atoms with E-state index < -0.39 is 23.5 Å². The van der Waals surface area contributed by atoms with Gasteiger partial charge in [0.1, 0.15) is 11.3 Å². The van der Waals surface area contributed by atoms with E-state index in [9.17, 15) is 19.5 Å². The Labute approximate surface area is 174 Å². The lowest BCUT2D eigenvalue weighted by Crippen LogP contribution is -2.29. The minimum Gasteiger partial charge on any atom is -0.507 e. The first-order valence-corrected chi connectivity index (χ1v) is 9.65. The van der Waals surface area contributed by atoms with Gasteiger partial charge >= 0.3 is 5.97 Å². The Hall–Kier alpha value is -1.23. The smallest absolute Gasteiger partial charge is 0.339 e. The minimum absolute atomic E-state index is 0.0692. The Balaban J connectivity index is 2.19. The van der Waals surface area contributed by atoms with Crippen LogP contribution in [0.1, 0.15) is 31.1 Å². The molecule has 1 aliphatic heterocycles. The molecular weight excluding hydrogens is 594 g/mol. The Morgan fingerprint density at radius 1 is 0.880 bits per heavy atom. The lowest BCUT2D eigenvalue weighted by atomic mass is 10.1. The predicted octanol–water partition coefficient (Wildman–Crippen LogP) is 4.94. The fraction of sp³-hybridized carbons (Fsp3) is 0. The van der Waals surface area contributed by atoms with Crippen LogP contribution in [-0.2, 0) is 0 Å². The van der Waals surface area contributed by atoms with Gasteiger partial charge in [-0.3, -0.25) is 9.59 Å². The number of hydrogen-bond donors (Lipinski definition) is 2. The number of aromatic hydroxyl groups is 1. The Morgan fingerprint density at radius 2 is 1.36 bits per heavy atom. The average molecular weight is 599 g/mol. The molecule has 128 valence electrons. The summed E-state index contributed by atoms with van der Waals surface area (Å²) in [4.78, 5) is 37.5. The van der Waals surface area contributed by atoms with Crippen LogP contribution < -0.4 is 4.90 Å². The van der Waals surface area contributed by atoms with E-state index >= 15 is 0 Å². The van der Waals surface area contributed by atoms with Crippen LogP contribution >= 0.6 is 63.7 Å². The van der Waals surface area contributed by atoms with Gasteiger partial charge in [-0.2, -0.15) is 0 Å². The molecule has 2 aromatic rings. The number of amides is 2. The lowest BCUT2D eigenvalue weighted by molar-refractivity contribution is 0.0693. The zero-order valence-corrected chi connectivity index (χ0v) is 18.2. The van der Waals surface area contributed by atoms with Gasteiger partial charge in [0.05, 0.1) is 16.8 Å². The van der Waals surface area contributed by atoms with E-state index in [2.05, 4.69) is 63.7 Å². The molecule has 0 saturated carbocycles. The number of anilines is 1. The number of hydrogen-bond acceptors (Lipinski definition) is 4. The highest BCUT2D eigenvalue weighted by Gasteiger charge is 2.42. The van der Waals surface area contributed by atoms with Crippen LogP contribution in [0.3, 0.4) is 0 Å². The molecule has 0 unspecified atom stereocenters. The second kappa shape index (κ2) is 6.49. The summed E-state index contributed by atoms with van der Waals surface area (Å²) in [6, 6.07) is 3.49. The van der Waals surface area contributed by atoms with Gasteiger partial charge in [0.25, 0.3) is 11.8 Å². The number of carboxylic acids is 1. The molecule has 1 aliphatic rings. The number of rotatable bonds is 2. The third-order valence-corrected chi connectivity index (χ3v) is 8.34. The SMILES string of the molecule is O=C(O)c1ccc(N2C(=O)c3c(Br)c(Br)c(Br)c(Br)c3C2=O)cc1O. The van der Waals surface area contributed by atoms with E-state index in [4.69, 9.17) is 5.11 Å². The molecule has 2 amide bonds. The molecule has 0 radical (unpaired) electrons. The van der Waals surface area contributed by atoms with Crippen LogP contribution in [0, 0.1) is 0 Å². The van der Waals surface area contributed by atoms with E-state index in [1.54, 1.807) is 0 Å². The number of carbonyl (C=O) groups excluding carboxylic acids is 2. The molecule has 0 saturated heterocycles. The second-order valence-electron chi connectivity index (χ2n) is 4.96. The summed E-state index contributed by atoms with van der Waals surface area (Å²) in [6.07, 6.45) is 0.